The van der Waals surface area contributed by atoms with Crippen molar-refractivity contribution >= 4 is 62.6 Å². The molecular formula is C19H25Cl2N5O4S. The zero-order valence-corrected chi connectivity index (χ0v) is 19.1. The van der Waals surface area contributed by atoms with E-state index in [9.17, 15) is 18.3 Å². The highest BCUT2D eigenvalue weighted by Gasteiger charge is 2.30. The molecule has 1 saturated carbocycles. The maximum absolute atomic E-state index is 13.3. The van der Waals surface area contributed by atoms with Crippen molar-refractivity contribution < 1.29 is 18.3 Å². The maximum atomic E-state index is 13.3. The minimum absolute atomic E-state index is 0. The second kappa shape index (κ2) is 10.4. The largest absolute Gasteiger partial charge is 0.480 e. The molecule has 0 amide bonds. The highest BCUT2D eigenvalue weighted by atomic mass is 35.5. The number of nitrogens with one attached hydrogen (secondary N) is 1. The van der Waals surface area contributed by atoms with Crippen LogP contribution in [0.4, 0.5) is 5.69 Å². The summed E-state index contributed by atoms with van der Waals surface area (Å²) >= 11 is 6.02. The van der Waals surface area contributed by atoms with Crippen LogP contribution < -0.4 is 10.2 Å². The van der Waals surface area contributed by atoms with E-state index in [2.05, 4.69) is 4.98 Å². The Morgan fingerprint density at radius 2 is 1.94 bits per heavy atom. The molecule has 1 heterocycles. The van der Waals surface area contributed by atoms with Crippen LogP contribution >= 0.6 is 24.2 Å². The first-order chi connectivity index (χ1) is 14.2. The molecular weight excluding hydrogens is 465 g/mol. The van der Waals surface area contributed by atoms with Gasteiger partial charge in [-0.25, -0.2) is 12.8 Å². The number of benzene rings is 1. The highest BCUT2D eigenvalue weighted by molar-refractivity contribution is 7.89. The molecule has 0 spiro atoms. The smallest absolute Gasteiger partial charge is 0.318 e. The van der Waals surface area contributed by atoms with E-state index < -0.39 is 28.5 Å². The van der Waals surface area contributed by atoms with Crippen LogP contribution in [0.15, 0.2) is 35.5 Å². The van der Waals surface area contributed by atoms with Crippen LogP contribution in [-0.4, -0.2) is 47.8 Å². The summed E-state index contributed by atoms with van der Waals surface area (Å²) in [7, 11) is -4.03. The topological polar surface area (TPSA) is 141 Å². The summed E-state index contributed by atoms with van der Waals surface area (Å²) in [5.74, 6) is -1.44. The lowest BCUT2D eigenvalue weighted by atomic mass is 9.89. The van der Waals surface area contributed by atoms with E-state index in [1.165, 1.54) is 24.5 Å². The molecule has 0 bridgehead atoms. The minimum atomic E-state index is -4.03. The summed E-state index contributed by atoms with van der Waals surface area (Å²) in [6, 6.07) is 4.39. The summed E-state index contributed by atoms with van der Waals surface area (Å²) in [4.78, 5) is 15.4. The molecule has 1 fully saturated rings. The number of halogens is 2. The number of guanidine groups is 1. The molecule has 12 heteroatoms. The molecule has 3 rings (SSSR count). The van der Waals surface area contributed by atoms with Gasteiger partial charge in [-0.1, -0.05) is 25.3 Å². The molecule has 1 aliphatic rings. The molecule has 4 N–H and O–H groups in total. The number of aromatic nitrogens is 1. The normalized spacial score (nSPS) is 14.9. The van der Waals surface area contributed by atoms with Gasteiger partial charge in [-0.3, -0.25) is 15.2 Å². The van der Waals surface area contributed by atoms with Crippen molar-refractivity contribution in [2.75, 3.05) is 17.5 Å². The Kier molecular flexibility index (Phi) is 8.47. The zero-order valence-electron chi connectivity index (χ0n) is 16.7. The van der Waals surface area contributed by atoms with Crippen molar-refractivity contribution in [2.45, 2.75) is 37.0 Å². The highest BCUT2D eigenvalue weighted by Crippen LogP contribution is 2.31. The second-order valence-electron chi connectivity index (χ2n) is 7.40. The van der Waals surface area contributed by atoms with Gasteiger partial charge < -0.3 is 10.8 Å². The minimum Gasteiger partial charge on any atom is -0.480 e. The lowest BCUT2D eigenvalue weighted by molar-refractivity contribution is -0.137. The maximum Gasteiger partial charge on any atom is 0.318 e. The Balaban J connectivity index is 0.00000341. The Hall–Kier alpha value is -2.14. The number of rotatable bonds is 7. The Labute approximate surface area is 192 Å². The van der Waals surface area contributed by atoms with Crippen molar-refractivity contribution in [3.05, 3.63) is 30.6 Å². The molecule has 1 aromatic carbocycles. The van der Waals surface area contributed by atoms with E-state index in [1.807, 2.05) is 0 Å². The van der Waals surface area contributed by atoms with E-state index in [4.69, 9.17) is 22.9 Å². The van der Waals surface area contributed by atoms with Crippen LogP contribution in [0.2, 0.25) is 0 Å². The number of carboxylic acid groups (broad SMARTS) is 1. The van der Waals surface area contributed by atoms with Gasteiger partial charge >= 0.3 is 5.97 Å². The number of hydrogen-bond donors (Lipinski definition) is 3. The molecule has 0 radical (unpaired) electrons. The van der Waals surface area contributed by atoms with E-state index in [0.717, 1.165) is 40.8 Å². The third-order valence-electron chi connectivity index (χ3n) is 5.27. The van der Waals surface area contributed by atoms with Crippen molar-refractivity contribution in [2.24, 2.45) is 11.7 Å². The second-order valence-corrected chi connectivity index (χ2v) is 9.68. The summed E-state index contributed by atoms with van der Waals surface area (Å²) in [5.41, 5.74) is 5.77. The van der Waals surface area contributed by atoms with Gasteiger partial charge in [-0.15, -0.1) is 12.4 Å². The summed E-state index contributed by atoms with van der Waals surface area (Å²) in [6.07, 6.45) is 7.87. The molecule has 1 aromatic heterocycles. The zero-order chi connectivity index (χ0) is 21.9. The average molecular weight is 490 g/mol. The van der Waals surface area contributed by atoms with Gasteiger partial charge in [0.15, 0.2) is 0 Å². The van der Waals surface area contributed by atoms with Crippen molar-refractivity contribution in [1.82, 2.24) is 9.29 Å². The predicted molar refractivity (Wildman–Crippen MR) is 122 cm³/mol. The first kappa shape index (κ1) is 25.1. The Bertz CT molecular complexity index is 1060. The van der Waals surface area contributed by atoms with Gasteiger partial charge in [-0.05, 0) is 30.9 Å². The molecule has 2 aromatic rings. The number of nitrogens with two attached hydrogens (primary N) is 1. The van der Waals surface area contributed by atoms with Crippen LogP contribution in [0.1, 0.15) is 32.1 Å². The van der Waals surface area contributed by atoms with Gasteiger partial charge in [-0.2, -0.15) is 4.31 Å². The summed E-state index contributed by atoms with van der Waals surface area (Å²) in [5, 5.41) is 17.8. The molecule has 0 unspecified atom stereocenters. The number of anilines is 1. The van der Waals surface area contributed by atoms with Crippen LogP contribution in [0.5, 0.6) is 0 Å². The molecule has 31 heavy (non-hydrogen) atoms. The van der Waals surface area contributed by atoms with E-state index in [1.54, 1.807) is 6.07 Å². The van der Waals surface area contributed by atoms with Gasteiger partial charge in [0.05, 0.1) is 16.8 Å². The lowest BCUT2D eigenvalue weighted by Gasteiger charge is -2.28. The Morgan fingerprint density at radius 1 is 1.26 bits per heavy atom. The summed E-state index contributed by atoms with van der Waals surface area (Å²) in [6.45, 7) is -0.403. The van der Waals surface area contributed by atoms with Crippen molar-refractivity contribution in [1.29, 1.82) is 5.41 Å². The number of aliphatic carboxylic acids is 1. The van der Waals surface area contributed by atoms with E-state index >= 15 is 0 Å². The molecule has 1 aliphatic carbocycles. The van der Waals surface area contributed by atoms with Crippen LogP contribution in [0, 0.1) is 11.3 Å². The van der Waals surface area contributed by atoms with Gasteiger partial charge in [0.2, 0.25) is 16.0 Å². The van der Waals surface area contributed by atoms with E-state index in [-0.39, 0.29) is 29.8 Å². The fourth-order valence-electron chi connectivity index (χ4n) is 3.79. The van der Waals surface area contributed by atoms with Gasteiger partial charge in [0.1, 0.15) is 6.54 Å². The third-order valence-corrected chi connectivity index (χ3v) is 7.44. The predicted octanol–water partition coefficient (Wildman–Crippen LogP) is 3.17. The first-order valence-electron chi connectivity index (χ1n) is 9.60. The Morgan fingerprint density at radius 3 is 2.55 bits per heavy atom. The third kappa shape index (κ3) is 5.76. The number of hydrogen-bond acceptors (Lipinski definition) is 5. The monoisotopic (exact) mass is 489 g/mol. The molecule has 0 atom stereocenters. The molecule has 170 valence electrons. The number of fused-ring (bicyclic) bond motifs is 1. The van der Waals surface area contributed by atoms with Gasteiger partial charge in [0, 0.05) is 35.3 Å². The quantitative estimate of drug-likeness (QED) is 0.308. The summed E-state index contributed by atoms with van der Waals surface area (Å²) < 4.78 is 28.5. The lowest BCUT2D eigenvalue weighted by Crippen LogP contribution is -2.39. The van der Waals surface area contributed by atoms with Crippen LogP contribution in [-0.2, 0) is 14.8 Å². The average Bonchev–Trinajstić information content (AvgIpc) is 2.72. The fraction of sp³-hybridized carbons (Fsp3) is 0.421. The number of sulfonamides is 1. The number of pyridine rings is 1. The standard InChI is InChI=1S/C19H24ClN5O4S.ClH/c20-25(19(21)22)17-10-23-9-14-8-15(6-7-16(14)17)30(28,29)24(12-18(26)27)11-13-4-2-1-3-5-13;/h6-10,13H,1-5,11-12H2,(H3,21,22)(H,26,27);1H. The van der Waals surface area contributed by atoms with Crippen LogP contribution in [0.3, 0.4) is 0 Å². The molecule has 0 aliphatic heterocycles. The number of nitrogens with zero attached hydrogens (tertiary/aromatic N) is 3. The van der Waals surface area contributed by atoms with E-state index in [0.29, 0.717) is 16.5 Å². The van der Waals surface area contributed by atoms with Crippen molar-refractivity contribution in [3.8, 4) is 0 Å². The van der Waals surface area contributed by atoms with Crippen molar-refractivity contribution in [3.63, 3.8) is 0 Å². The SMILES string of the molecule is Cl.N=C(N)N(Cl)c1cncc2cc(S(=O)(=O)N(CC(=O)O)CC3CCCCC3)ccc12. The fourth-order valence-corrected chi connectivity index (χ4v) is 5.43. The number of carboxylic acids is 1. The first-order valence-corrected chi connectivity index (χ1v) is 11.4. The van der Waals surface area contributed by atoms with Crippen LogP contribution in [0.25, 0.3) is 10.8 Å². The molecule has 0 saturated heterocycles. The van der Waals surface area contributed by atoms with Gasteiger partial charge in [0.25, 0.3) is 0 Å². The number of carbonyl (C=O) groups is 1. The molecule has 9 nitrogen and oxygen atoms in total.